The number of hydrogen-bond donors (Lipinski definition) is 1. The quantitative estimate of drug-likeness (QED) is 0.857. The molecule has 2 aliphatic rings. The molecule has 1 saturated heterocycles. The number of nitrogens with one attached hydrogen (secondary N) is 1. The predicted molar refractivity (Wildman–Crippen MR) is 103 cm³/mol. The number of nitrogens with zero attached hydrogens (tertiary/aromatic N) is 3. The Balaban J connectivity index is 1.24. The second kappa shape index (κ2) is 7.96. The van der Waals surface area contributed by atoms with Gasteiger partial charge < -0.3 is 15.1 Å². The molecule has 4 rings (SSSR count). The topological polar surface area (TPSA) is 65.5 Å². The van der Waals surface area contributed by atoms with Crippen LogP contribution >= 0.6 is 0 Å². The molecule has 28 heavy (non-hydrogen) atoms. The Morgan fingerprint density at radius 1 is 1.00 bits per heavy atom. The summed E-state index contributed by atoms with van der Waals surface area (Å²) >= 11 is 0. The third-order valence-electron chi connectivity index (χ3n) is 5.44. The van der Waals surface area contributed by atoms with E-state index in [0.29, 0.717) is 39.1 Å². The molecule has 1 aliphatic carbocycles. The van der Waals surface area contributed by atoms with Gasteiger partial charge in [0.05, 0.1) is 11.8 Å². The molecule has 1 aromatic carbocycles. The molecule has 2 heterocycles. The highest BCUT2D eigenvalue weighted by molar-refractivity contribution is 5.92. The van der Waals surface area contributed by atoms with Crippen LogP contribution < -0.4 is 10.2 Å². The van der Waals surface area contributed by atoms with Crippen molar-refractivity contribution in [3.8, 4) is 0 Å². The highest BCUT2D eigenvalue weighted by Crippen LogP contribution is 2.40. The van der Waals surface area contributed by atoms with E-state index in [1.54, 1.807) is 24.5 Å². The summed E-state index contributed by atoms with van der Waals surface area (Å²) in [5.74, 6) is -0.651. The molecular formula is C21H23FN4O2. The molecule has 2 atom stereocenters. The number of aromatic nitrogens is 1. The van der Waals surface area contributed by atoms with Gasteiger partial charge in [0.2, 0.25) is 11.8 Å². The fourth-order valence-electron chi connectivity index (χ4n) is 3.65. The lowest BCUT2D eigenvalue weighted by atomic mass is 10.2. The monoisotopic (exact) mass is 382 g/mol. The summed E-state index contributed by atoms with van der Waals surface area (Å²) in [6.45, 7) is 3.12. The molecule has 2 amide bonds. The van der Waals surface area contributed by atoms with Crippen molar-refractivity contribution in [2.24, 2.45) is 11.8 Å². The maximum absolute atomic E-state index is 13.1. The molecular weight excluding hydrogens is 359 g/mol. The summed E-state index contributed by atoms with van der Waals surface area (Å²) in [6, 6.07) is 10.1. The Morgan fingerprint density at radius 3 is 2.36 bits per heavy atom. The lowest BCUT2D eigenvalue weighted by Gasteiger charge is -2.36. The predicted octanol–water partition coefficient (Wildman–Crippen LogP) is 1.82. The van der Waals surface area contributed by atoms with Crippen molar-refractivity contribution in [3.05, 3.63) is 60.2 Å². The Kier molecular flexibility index (Phi) is 5.23. The fraction of sp³-hybridized carbons (Fsp3) is 0.381. The standard InChI is InChI=1S/C21H23FN4O2/c22-16-1-3-17(4-2-16)25-9-11-26(12-10-25)21(28)19-13-18(19)20(27)24-14-15-5-7-23-8-6-15/h1-8,18-19H,9-14H2,(H,24,27). The largest absolute Gasteiger partial charge is 0.368 e. The van der Waals surface area contributed by atoms with E-state index < -0.39 is 0 Å². The Hall–Kier alpha value is -2.96. The average molecular weight is 382 g/mol. The first kappa shape index (κ1) is 18.4. The zero-order valence-electron chi connectivity index (χ0n) is 15.6. The van der Waals surface area contributed by atoms with Crippen LogP contribution in [0, 0.1) is 17.7 Å². The van der Waals surface area contributed by atoms with Crippen molar-refractivity contribution >= 4 is 17.5 Å². The van der Waals surface area contributed by atoms with Crippen molar-refractivity contribution in [2.45, 2.75) is 13.0 Å². The lowest BCUT2D eigenvalue weighted by Crippen LogP contribution is -2.49. The molecule has 2 aromatic rings. The van der Waals surface area contributed by atoms with Gasteiger partial charge in [-0.2, -0.15) is 0 Å². The molecule has 0 spiro atoms. The number of piperazine rings is 1. The van der Waals surface area contributed by atoms with Crippen molar-refractivity contribution in [1.82, 2.24) is 15.2 Å². The van der Waals surface area contributed by atoms with Gasteiger partial charge in [0.25, 0.3) is 0 Å². The summed E-state index contributed by atoms with van der Waals surface area (Å²) in [4.78, 5) is 33.0. The highest BCUT2D eigenvalue weighted by Gasteiger charge is 2.49. The van der Waals surface area contributed by atoms with E-state index in [-0.39, 0.29) is 29.5 Å². The number of benzene rings is 1. The van der Waals surface area contributed by atoms with Crippen molar-refractivity contribution in [2.75, 3.05) is 31.1 Å². The number of pyridine rings is 1. The number of amides is 2. The van der Waals surface area contributed by atoms with Crippen molar-refractivity contribution in [3.63, 3.8) is 0 Å². The van der Waals surface area contributed by atoms with Crippen LogP contribution in [0.1, 0.15) is 12.0 Å². The highest BCUT2D eigenvalue weighted by atomic mass is 19.1. The van der Waals surface area contributed by atoms with Crippen LogP contribution in [0.5, 0.6) is 0 Å². The van der Waals surface area contributed by atoms with Crippen LogP contribution in [-0.2, 0) is 16.1 Å². The Labute approximate surface area is 163 Å². The number of rotatable bonds is 5. The lowest BCUT2D eigenvalue weighted by molar-refractivity contribution is -0.135. The van der Waals surface area contributed by atoms with E-state index in [4.69, 9.17) is 0 Å². The van der Waals surface area contributed by atoms with Gasteiger partial charge in [-0.1, -0.05) is 0 Å². The minimum atomic E-state index is -0.250. The molecule has 1 aliphatic heterocycles. The van der Waals surface area contributed by atoms with Gasteiger partial charge in [-0.15, -0.1) is 0 Å². The summed E-state index contributed by atoms with van der Waals surface area (Å²) in [7, 11) is 0. The third kappa shape index (κ3) is 4.13. The molecule has 6 nitrogen and oxygen atoms in total. The number of hydrogen-bond acceptors (Lipinski definition) is 4. The van der Waals surface area contributed by atoms with Crippen molar-refractivity contribution in [1.29, 1.82) is 0 Å². The minimum absolute atomic E-state index is 0.0555. The SMILES string of the molecule is O=C(NCc1ccncc1)C1CC1C(=O)N1CCN(c2ccc(F)cc2)CC1. The Morgan fingerprint density at radius 2 is 1.68 bits per heavy atom. The third-order valence-corrected chi connectivity index (χ3v) is 5.44. The molecule has 1 saturated carbocycles. The summed E-state index contributed by atoms with van der Waals surface area (Å²) in [5.41, 5.74) is 1.96. The van der Waals surface area contributed by atoms with Gasteiger partial charge in [0.15, 0.2) is 0 Å². The van der Waals surface area contributed by atoms with Gasteiger partial charge in [-0.3, -0.25) is 14.6 Å². The van der Waals surface area contributed by atoms with E-state index in [1.165, 1.54) is 12.1 Å². The number of halogens is 1. The van der Waals surface area contributed by atoms with Gasteiger partial charge in [0, 0.05) is 50.8 Å². The molecule has 1 aromatic heterocycles. The second-order valence-electron chi connectivity index (χ2n) is 7.31. The van der Waals surface area contributed by atoms with Crippen LogP contribution in [0.15, 0.2) is 48.8 Å². The van der Waals surface area contributed by atoms with Crippen LogP contribution in [0.25, 0.3) is 0 Å². The number of carbonyl (C=O) groups is 2. The maximum atomic E-state index is 13.1. The van der Waals surface area contributed by atoms with Gasteiger partial charge in [-0.05, 0) is 48.4 Å². The fourth-order valence-corrected chi connectivity index (χ4v) is 3.65. The first-order chi connectivity index (χ1) is 13.6. The molecule has 146 valence electrons. The maximum Gasteiger partial charge on any atom is 0.226 e. The second-order valence-corrected chi connectivity index (χ2v) is 7.31. The summed E-state index contributed by atoms with van der Waals surface area (Å²) in [5, 5.41) is 2.91. The molecule has 7 heteroatoms. The molecule has 1 N–H and O–H groups in total. The minimum Gasteiger partial charge on any atom is -0.368 e. The zero-order valence-corrected chi connectivity index (χ0v) is 15.6. The van der Waals surface area contributed by atoms with E-state index in [2.05, 4.69) is 15.2 Å². The van der Waals surface area contributed by atoms with Crippen LogP contribution in [0.4, 0.5) is 10.1 Å². The van der Waals surface area contributed by atoms with E-state index in [9.17, 15) is 14.0 Å². The zero-order chi connectivity index (χ0) is 19.5. The first-order valence-corrected chi connectivity index (χ1v) is 9.58. The van der Waals surface area contributed by atoms with E-state index in [0.717, 1.165) is 11.3 Å². The van der Waals surface area contributed by atoms with Gasteiger partial charge in [0.1, 0.15) is 5.82 Å². The molecule has 0 bridgehead atoms. The smallest absolute Gasteiger partial charge is 0.226 e. The number of carbonyl (C=O) groups excluding carboxylic acids is 2. The van der Waals surface area contributed by atoms with Crippen LogP contribution in [-0.4, -0.2) is 47.9 Å². The normalized spacial score (nSPS) is 21.3. The van der Waals surface area contributed by atoms with Crippen molar-refractivity contribution < 1.29 is 14.0 Å². The first-order valence-electron chi connectivity index (χ1n) is 9.58. The Bertz CT molecular complexity index is 835. The van der Waals surface area contributed by atoms with Gasteiger partial charge in [-0.25, -0.2) is 4.39 Å². The number of anilines is 1. The van der Waals surface area contributed by atoms with E-state index >= 15 is 0 Å². The van der Waals surface area contributed by atoms with Gasteiger partial charge >= 0.3 is 0 Å². The van der Waals surface area contributed by atoms with Crippen LogP contribution in [0.3, 0.4) is 0 Å². The molecule has 2 unspecified atom stereocenters. The summed E-state index contributed by atoms with van der Waals surface area (Å²) < 4.78 is 13.1. The molecule has 2 fully saturated rings. The van der Waals surface area contributed by atoms with Crippen LogP contribution in [0.2, 0.25) is 0 Å². The summed E-state index contributed by atoms with van der Waals surface area (Å²) in [6.07, 6.45) is 4.01. The molecule has 0 radical (unpaired) electrons. The van der Waals surface area contributed by atoms with E-state index in [1.807, 2.05) is 17.0 Å². The average Bonchev–Trinajstić information content (AvgIpc) is 3.54.